The Bertz CT molecular complexity index is 986. The Kier molecular flexibility index (Phi) is 5.78. The summed E-state index contributed by atoms with van der Waals surface area (Å²) in [5.74, 6) is 0.664. The maximum Gasteiger partial charge on any atom is 0.259 e. The zero-order valence-corrected chi connectivity index (χ0v) is 18.2. The Labute approximate surface area is 187 Å². The molecule has 3 fully saturated rings. The van der Waals surface area contributed by atoms with Crippen molar-refractivity contribution in [3.63, 3.8) is 0 Å². The molecule has 2 saturated carbocycles. The van der Waals surface area contributed by atoms with E-state index in [2.05, 4.69) is 20.5 Å². The van der Waals surface area contributed by atoms with Gasteiger partial charge >= 0.3 is 0 Å². The van der Waals surface area contributed by atoms with Gasteiger partial charge in [-0.2, -0.15) is 0 Å². The molecule has 8 heteroatoms. The van der Waals surface area contributed by atoms with Crippen molar-refractivity contribution in [3.8, 4) is 0 Å². The first-order valence-corrected chi connectivity index (χ1v) is 11.5. The highest BCUT2D eigenvalue weighted by Crippen LogP contribution is 2.65. The van der Waals surface area contributed by atoms with E-state index in [9.17, 15) is 9.59 Å². The first kappa shape index (κ1) is 20.9. The third-order valence-corrected chi connectivity index (χ3v) is 6.94. The van der Waals surface area contributed by atoms with Crippen LogP contribution in [0.25, 0.3) is 0 Å². The van der Waals surface area contributed by atoms with E-state index < -0.39 is 0 Å². The summed E-state index contributed by atoms with van der Waals surface area (Å²) in [4.78, 5) is 36.7. The van der Waals surface area contributed by atoms with Gasteiger partial charge in [0.1, 0.15) is 0 Å². The maximum absolute atomic E-state index is 13.0. The van der Waals surface area contributed by atoms with Crippen LogP contribution in [0.1, 0.15) is 41.7 Å². The number of carbonyl (C=O) groups is 2. The molecular formula is C24H29N5O3. The monoisotopic (exact) mass is 435 g/mol. The number of ether oxygens (including phenoxy) is 1. The Hall–Kier alpha value is -3.00. The van der Waals surface area contributed by atoms with E-state index in [0.29, 0.717) is 54.5 Å². The molecule has 2 amide bonds. The molecule has 0 bridgehead atoms. The fourth-order valence-corrected chi connectivity index (χ4v) is 4.75. The predicted molar refractivity (Wildman–Crippen MR) is 121 cm³/mol. The zero-order chi connectivity index (χ0) is 22.0. The number of nitrogens with zero attached hydrogens (tertiary/aromatic N) is 3. The topological polar surface area (TPSA) is 96.5 Å². The number of amides is 2. The van der Waals surface area contributed by atoms with Gasteiger partial charge in [-0.25, -0.2) is 9.97 Å². The number of hydrogen-bond donors (Lipinski definition) is 2. The van der Waals surface area contributed by atoms with E-state index in [4.69, 9.17) is 9.72 Å². The molecule has 1 saturated heterocycles. The van der Waals surface area contributed by atoms with E-state index in [1.54, 1.807) is 6.20 Å². The predicted octanol–water partition coefficient (Wildman–Crippen LogP) is 2.41. The second kappa shape index (κ2) is 8.86. The number of nitrogens with one attached hydrogen (secondary N) is 2. The summed E-state index contributed by atoms with van der Waals surface area (Å²) in [7, 11) is 0. The number of rotatable bonds is 7. The molecule has 0 radical (unpaired) electrons. The van der Waals surface area contributed by atoms with E-state index >= 15 is 0 Å². The summed E-state index contributed by atoms with van der Waals surface area (Å²) in [6.45, 7) is 3.16. The van der Waals surface area contributed by atoms with Crippen LogP contribution in [0.2, 0.25) is 0 Å². The average Bonchev–Trinajstić information content (AvgIpc) is 3.57. The van der Waals surface area contributed by atoms with E-state index in [-0.39, 0.29) is 17.7 Å². The molecule has 168 valence electrons. The number of hydrogen-bond acceptors (Lipinski definition) is 6. The minimum Gasteiger partial charge on any atom is -0.378 e. The summed E-state index contributed by atoms with van der Waals surface area (Å²) in [6, 6.07) is 9.32. The lowest BCUT2D eigenvalue weighted by atomic mass is 9.80. The molecule has 32 heavy (non-hydrogen) atoms. The lowest BCUT2D eigenvalue weighted by Gasteiger charge is -2.27. The molecular weight excluding hydrogens is 406 g/mol. The third kappa shape index (κ3) is 4.32. The number of morpholine rings is 1. The molecule has 2 heterocycles. The molecule has 2 aromatic rings. The van der Waals surface area contributed by atoms with Crippen molar-refractivity contribution < 1.29 is 14.3 Å². The van der Waals surface area contributed by atoms with Crippen molar-refractivity contribution in [1.29, 1.82) is 0 Å². The third-order valence-electron chi connectivity index (χ3n) is 6.94. The Morgan fingerprint density at radius 3 is 2.62 bits per heavy atom. The molecule has 2 aliphatic carbocycles. The summed E-state index contributed by atoms with van der Waals surface area (Å²) < 4.78 is 5.42. The van der Waals surface area contributed by atoms with E-state index in [1.165, 1.54) is 19.3 Å². The van der Waals surface area contributed by atoms with Gasteiger partial charge in [-0.3, -0.25) is 9.59 Å². The lowest BCUT2D eigenvalue weighted by molar-refractivity contribution is -0.123. The standard InChI is InChI=1S/C24H29N5O3/c30-21(27-17-5-2-1-3-6-17)18-16-26-23(29-11-13-32-14-12-29)28-20(18)7-10-25-22(31)19-15-24(19)8-4-9-24/h1-3,5-6,16,19H,4,7-15H2,(H,25,31)(H,27,30). The van der Waals surface area contributed by atoms with Gasteiger partial charge in [0.15, 0.2) is 0 Å². The number of para-hydroxylation sites is 1. The summed E-state index contributed by atoms with van der Waals surface area (Å²) in [6.07, 6.45) is 6.71. The fourth-order valence-electron chi connectivity index (χ4n) is 4.75. The Morgan fingerprint density at radius 2 is 1.94 bits per heavy atom. The van der Waals surface area contributed by atoms with E-state index in [0.717, 1.165) is 19.5 Å². The van der Waals surface area contributed by atoms with Crippen molar-refractivity contribution in [2.75, 3.05) is 43.1 Å². The van der Waals surface area contributed by atoms with Gasteiger partial charge in [-0.05, 0) is 36.8 Å². The molecule has 3 aliphatic rings. The van der Waals surface area contributed by atoms with Crippen molar-refractivity contribution in [3.05, 3.63) is 47.8 Å². The van der Waals surface area contributed by atoms with Crippen molar-refractivity contribution in [1.82, 2.24) is 15.3 Å². The van der Waals surface area contributed by atoms with Crippen LogP contribution in [0.4, 0.5) is 11.6 Å². The zero-order valence-electron chi connectivity index (χ0n) is 18.2. The van der Waals surface area contributed by atoms with Gasteiger partial charge in [0, 0.05) is 43.9 Å². The molecule has 8 nitrogen and oxygen atoms in total. The van der Waals surface area contributed by atoms with Crippen molar-refractivity contribution in [2.45, 2.75) is 32.1 Å². The first-order chi connectivity index (χ1) is 15.6. The minimum absolute atomic E-state index is 0.141. The molecule has 1 atom stereocenters. The van der Waals surface area contributed by atoms with Gasteiger partial charge in [-0.15, -0.1) is 0 Å². The molecule has 1 aliphatic heterocycles. The van der Waals surface area contributed by atoms with Gasteiger partial charge in [0.05, 0.1) is 24.5 Å². The number of anilines is 2. The fraction of sp³-hybridized carbons (Fsp3) is 0.500. The van der Waals surface area contributed by atoms with Gasteiger partial charge in [0.2, 0.25) is 11.9 Å². The van der Waals surface area contributed by atoms with Gasteiger partial charge in [0.25, 0.3) is 5.91 Å². The first-order valence-electron chi connectivity index (χ1n) is 11.5. The van der Waals surface area contributed by atoms with Crippen LogP contribution in [-0.2, 0) is 16.0 Å². The van der Waals surface area contributed by atoms with E-state index in [1.807, 2.05) is 30.3 Å². The van der Waals surface area contributed by atoms with Crippen LogP contribution in [0, 0.1) is 11.3 Å². The SMILES string of the molecule is O=C(Nc1ccccc1)c1cnc(N2CCOCC2)nc1CCNC(=O)C1CC12CCC2. The highest BCUT2D eigenvalue weighted by atomic mass is 16.5. The summed E-state index contributed by atoms with van der Waals surface area (Å²) >= 11 is 0. The quantitative estimate of drug-likeness (QED) is 0.693. The smallest absolute Gasteiger partial charge is 0.259 e. The normalized spacial score (nSPS) is 21.0. The van der Waals surface area contributed by atoms with Crippen molar-refractivity contribution >= 4 is 23.5 Å². The molecule has 1 unspecified atom stereocenters. The highest BCUT2D eigenvalue weighted by molar-refractivity contribution is 6.04. The van der Waals surface area contributed by atoms with Crippen LogP contribution in [0.5, 0.6) is 0 Å². The molecule has 1 aromatic carbocycles. The van der Waals surface area contributed by atoms with Crippen LogP contribution in [0.15, 0.2) is 36.5 Å². The summed E-state index contributed by atoms with van der Waals surface area (Å²) in [5.41, 5.74) is 2.10. The largest absolute Gasteiger partial charge is 0.378 e. The van der Waals surface area contributed by atoms with Crippen LogP contribution >= 0.6 is 0 Å². The second-order valence-corrected chi connectivity index (χ2v) is 8.96. The summed E-state index contributed by atoms with van der Waals surface area (Å²) in [5, 5.41) is 5.98. The van der Waals surface area contributed by atoms with Crippen LogP contribution in [0.3, 0.4) is 0 Å². The molecule has 1 spiro atoms. The molecule has 1 aromatic heterocycles. The van der Waals surface area contributed by atoms with Crippen LogP contribution < -0.4 is 15.5 Å². The lowest BCUT2D eigenvalue weighted by Crippen LogP contribution is -2.38. The van der Waals surface area contributed by atoms with Gasteiger partial charge < -0.3 is 20.3 Å². The number of carbonyl (C=O) groups excluding carboxylic acids is 2. The Morgan fingerprint density at radius 1 is 1.16 bits per heavy atom. The number of aromatic nitrogens is 2. The van der Waals surface area contributed by atoms with Crippen molar-refractivity contribution in [2.24, 2.45) is 11.3 Å². The molecule has 5 rings (SSSR count). The molecule has 2 N–H and O–H groups in total. The highest BCUT2D eigenvalue weighted by Gasteiger charge is 2.60. The maximum atomic E-state index is 13.0. The minimum atomic E-state index is -0.248. The average molecular weight is 436 g/mol. The number of benzene rings is 1. The Balaban J connectivity index is 1.28. The van der Waals surface area contributed by atoms with Crippen LogP contribution in [-0.4, -0.2) is 54.6 Å². The van der Waals surface area contributed by atoms with Gasteiger partial charge in [-0.1, -0.05) is 24.6 Å². The second-order valence-electron chi connectivity index (χ2n) is 8.96.